The zero-order valence-corrected chi connectivity index (χ0v) is 23.3. The number of fused-ring (bicyclic) bond motifs is 3. The van der Waals surface area contributed by atoms with Crippen LogP contribution in [0.25, 0.3) is 66.4 Å². The predicted octanol–water partition coefficient (Wildman–Crippen LogP) is 9.17. The molecule has 41 heavy (non-hydrogen) atoms. The van der Waals surface area contributed by atoms with Crippen LogP contribution in [-0.4, -0.2) is 19.9 Å². The van der Waals surface area contributed by atoms with Crippen LogP contribution in [0.4, 0.5) is 0 Å². The Morgan fingerprint density at radius 1 is 0.463 bits per heavy atom. The molecule has 0 aliphatic rings. The van der Waals surface area contributed by atoms with Crippen LogP contribution in [0.15, 0.2) is 116 Å². The molecule has 0 aliphatic heterocycles. The van der Waals surface area contributed by atoms with Crippen molar-refractivity contribution in [3.05, 3.63) is 133 Å². The van der Waals surface area contributed by atoms with Gasteiger partial charge < -0.3 is 0 Å². The molecule has 4 heteroatoms. The summed E-state index contributed by atoms with van der Waals surface area (Å²) in [5.74, 6) is 0. The molecule has 0 unspecified atom stereocenters. The van der Waals surface area contributed by atoms with Crippen LogP contribution >= 0.6 is 0 Å². The number of rotatable bonds is 4. The highest BCUT2D eigenvalue weighted by Crippen LogP contribution is 2.39. The normalized spacial score (nSPS) is 11.3. The standard InChI is InChI=1S/C37H28N4/c1-23-11-12-26(35-10-4-5-13-38-35)21-33(23)29-18-28(27-16-24(2)41-25(3)17-27)19-30(20-29)34-22-36-31(8-6-14-39-36)32-9-7-15-40-37(32)34/h4-22H,1-3H3. The summed E-state index contributed by atoms with van der Waals surface area (Å²) >= 11 is 0. The quantitative estimate of drug-likeness (QED) is 0.214. The number of pyridine rings is 4. The summed E-state index contributed by atoms with van der Waals surface area (Å²) in [4.78, 5) is 18.8. The molecule has 0 radical (unpaired) electrons. The molecule has 0 bridgehead atoms. The molecule has 196 valence electrons. The summed E-state index contributed by atoms with van der Waals surface area (Å²) in [6.45, 7) is 6.27. The fourth-order valence-electron chi connectivity index (χ4n) is 5.75. The van der Waals surface area contributed by atoms with Crippen molar-refractivity contribution in [2.45, 2.75) is 20.8 Å². The Balaban J connectivity index is 1.52. The van der Waals surface area contributed by atoms with Crippen molar-refractivity contribution in [3.63, 3.8) is 0 Å². The van der Waals surface area contributed by atoms with Crippen LogP contribution in [0.3, 0.4) is 0 Å². The van der Waals surface area contributed by atoms with Gasteiger partial charge in [-0.3, -0.25) is 19.9 Å². The summed E-state index contributed by atoms with van der Waals surface area (Å²) in [6.07, 6.45) is 5.56. The van der Waals surface area contributed by atoms with E-state index in [4.69, 9.17) is 9.97 Å². The monoisotopic (exact) mass is 528 g/mol. The van der Waals surface area contributed by atoms with Gasteiger partial charge in [-0.15, -0.1) is 0 Å². The lowest BCUT2D eigenvalue weighted by molar-refractivity contribution is 1.12. The van der Waals surface area contributed by atoms with Gasteiger partial charge in [0.1, 0.15) is 0 Å². The van der Waals surface area contributed by atoms with Crippen molar-refractivity contribution in [1.82, 2.24) is 19.9 Å². The zero-order valence-electron chi connectivity index (χ0n) is 23.3. The first-order valence-electron chi connectivity index (χ1n) is 13.8. The molecule has 4 heterocycles. The minimum atomic E-state index is 0.957. The summed E-state index contributed by atoms with van der Waals surface area (Å²) < 4.78 is 0. The Bertz CT molecular complexity index is 2060. The van der Waals surface area contributed by atoms with E-state index in [1.807, 2.05) is 56.7 Å². The van der Waals surface area contributed by atoms with E-state index in [2.05, 4.69) is 89.7 Å². The van der Waals surface area contributed by atoms with Gasteiger partial charge in [-0.25, -0.2) is 0 Å². The van der Waals surface area contributed by atoms with E-state index in [9.17, 15) is 0 Å². The molecule has 0 aliphatic carbocycles. The molecule has 3 aromatic carbocycles. The van der Waals surface area contributed by atoms with E-state index < -0.39 is 0 Å². The van der Waals surface area contributed by atoms with Crippen molar-refractivity contribution in [3.8, 4) is 44.6 Å². The highest BCUT2D eigenvalue weighted by Gasteiger charge is 2.15. The Morgan fingerprint density at radius 2 is 1.15 bits per heavy atom. The molecule has 0 spiro atoms. The highest BCUT2D eigenvalue weighted by atomic mass is 14.7. The van der Waals surface area contributed by atoms with Crippen LogP contribution in [0.5, 0.6) is 0 Å². The molecule has 0 amide bonds. The second kappa shape index (κ2) is 10.1. The molecule has 4 aromatic heterocycles. The van der Waals surface area contributed by atoms with Crippen LogP contribution in [0.1, 0.15) is 17.0 Å². The van der Waals surface area contributed by atoms with Gasteiger partial charge in [0.2, 0.25) is 0 Å². The lowest BCUT2D eigenvalue weighted by Crippen LogP contribution is -1.93. The van der Waals surface area contributed by atoms with E-state index in [1.165, 1.54) is 11.1 Å². The molecule has 0 atom stereocenters. The molecular weight excluding hydrogens is 500 g/mol. The zero-order chi connectivity index (χ0) is 27.9. The molecule has 0 fully saturated rings. The molecule has 0 N–H and O–H groups in total. The molecular formula is C37H28N4. The lowest BCUT2D eigenvalue weighted by Gasteiger charge is -2.16. The second-order valence-electron chi connectivity index (χ2n) is 10.6. The molecule has 7 aromatic rings. The molecule has 4 nitrogen and oxygen atoms in total. The first-order valence-corrected chi connectivity index (χ1v) is 13.8. The molecule has 0 saturated heterocycles. The van der Waals surface area contributed by atoms with Gasteiger partial charge in [0, 0.05) is 51.9 Å². The van der Waals surface area contributed by atoms with E-state index >= 15 is 0 Å². The fourth-order valence-corrected chi connectivity index (χ4v) is 5.75. The van der Waals surface area contributed by atoms with Crippen molar-refractivity contribution in [2.24, 2.45) is 0 Å². The third-order valence-corrected chi connectivity index (χ3v) is 7.64. The molecule has 0 saturated carbocycles. The van der Waals surface area contributed by atoms with Crippen LogP contribution in [0, 0.1) is 20.8 Å². The second-order valence-corrected chi connectivity index (χ2v) is 10.6. The summed E-state index contributed by atoms with van der Waals surface area (Å²) in [7, 11) is 0. The van der Waals surface area contributed by atoms with Crippen molar-refractivity contribution < 1.29 is 0 Å². The van der Waals surface area contributed by atoms with Crippen LogP contribution < -0.4 is 0 Å². The smallest absolute Gasteiger partial charge is 0.0787 e. The average Bonchev–Trinajstić information content (AvgIpc) is 3.00. The number of aryl methyl sites for hydroxylation is 3. The van der Waals surface area contributed by atoms with Gasteiger partial charge in [-0.05, 0) is 121 Å². The predicted molar refractivity (Wildman–Crippen MR) is 169 cm³/mol. The number of nitrogens with zero attached hydrogens (tertiary/aromatic N) is 4. The van der Waals surface area contributed by atoms with E-state index in [1.54, 1.807) is 0 Å². The first-order chi connectivity index (χ1) is 20.0. The highest BCUT2D eigenvalue weighted by molar-refractivity contribution is 6.11. The Morgan fingerprint density at radius 3 is 1.93 bits per heavy atom. The van der Waals surface area contributed by atoms with E-state index in [0.717, 1.165) is 72.3 Å². The number of hydrogen-bond acceptors (Lipinski definition) is 4. The number of benzene rings is 3. The minimum Gasteiger partial charge on any atom is -0.258 e. The maximum atomic E-state index is 4.87. The topological polar surface area (TPSA) is 51.6 Å². The number of hydrogen-bond donors (Lipinski definition) is 0. The minimum absolute atomic E-state index is 0.957. The maximum Gasteiger partial charge on any atom is 0.0787 e. The first kappa shape index (κ1) is 24.8. The van der Waals surface area contributed by atoms with Gasteiger partial charge in [-0.2, -0.15) is 0 Å². The third-order valence-electron chi connectivity index (χ3n) is 7.64. The summed E-state index contributed by atoms with van der Waals surface area (Å²) in [5.41, 5.74) is 14.0. The summed E-state index contributed by atoms with van der Waals surface area (Å²) in [6, 6.07) is 34.2. The largest absolute Gasteiger partial charge is 0.258 e. The average molecular weight is 529 g/mol. The summed E-state index contributed by atoms with van der Waals surface area (Å²) in [5, 5.41) is 2.21. The SMILES string of the molecule is Cc1cc(-c2cc(-c3cc(-c4ccccn4)ccc3C)cc(-c3cc4ncccc4c4cccnc34)c2)cc(C)n1. The Labute approximate surface area is 239 Å². The maximum absolute atomic E-state index is 4.87. The molecule has 7 rings (SSSR count). The van der Waals surface area contributed by atoms with E-state index in [-0.39, 0.29) is 0 Å². The lowest BCUT2D eigenvalue weighted by atomic mass is 9.89. The number of aromatic nitrogens is 4. The van der Waals surface area contributed by atoms with E-state index in [0.29, 0.717) is 0 Å². The fraction of sp³-hybridized carbons (Fsp3) is 0.0811. The van der Waals surface area contributed by atoms with Gasteiger partial charge >= 0.3 is 0 Å². The third kappa shape index (κ3) is 4.64. The van der Waals surface area contributed by atoms with Gasteiger partial charge in [0.05, 0.1) is 16.7 Å². The van der Waals surface area contributed by atoms with Crippen molar-refractivity contribution in [1.29, 1.82) is 0 Å². The van der Waals surface area contributed by atoms with Gasteiger partial charge in [0.15, 0.2) is 0 Å². The van der Waals surface area contributed by atoms with Crippen LogP contribution in [0.2, 0.25) is 0 Å². The Hall–Kier alpha value is -5.22. The van der Waals surface area contributed by atoms with Gasteiger partial charge in [0.25, 0.3) is 0 Å². The van der Waals surface area contributed by atoms with Crippen LogP contribution in [-0.2, 0) is 0 Å². The Kier molecular flexibility index (Phi) is 6.09. The van der Waals surface area contributed by atoms with Crippen molar-refractivity contribution >= 4 is 21.8 Å². The van der Waals surface area contributed by atoms with Gasteiger partial charge in [-0.1, -0.05) is 30.3 Å². The van der Waals surface area contributed by atoms with Crippen molar-refractivity contribution in [2.75, 3.05) is 0 Å².